The highest BCUT2D eigenvalue weighted by molar-refractivity contribution is 6.33. The lowest BCUT2D eigenvalue weighted by molar-refractivity contribution is -0.145. The third-order valence-electron chi connectivity index (χ3n) is 4.45. The quantitative estimate of drug-likeness (QED) is 0.871. The van der Waals surface area contributed by atoms with E-state index < -0.39 is 6.04 Å². The van der Waals surface area contributed by atoms with Crippen molar-refractivity contribution in [3.8, 4) is 11.3 Å². The fourth-order valence-corrected chi connectivity index (χ4v) is 3.42. The van der Waals surface area contributed by atoms with E-state index in [1.807, 2.05) is 32.0 Å². The molecule has 1 aliphatic heterocycles. The van der Waals surface area contributed by atoms with E-state index in [0.29, 0.717) is 36.2 Å². The molecular formula is C19H22ClN3O3. The van der Waals surface area contributed by atoms with Crippen LogP contribution < -0.4 is 5.32 Å². The van der Waals surface area contributed by atoms with Crippen LogP contribution >= 0.6 is 11.6 Å². The molecule has 3 rings (SSSR count). The van der Waals surface area contributed by atoms with E-state index in [9.17, 15) is 9.59 Å². The number of oxazole rings is 1. The maximum Gasteiger partial charge on any atom is 0.243 e. The average molecular weight is 376 g/mol. The van der Waals surface area contributed by atoms with Gasteiger partial charge in [-0.3, -0.25) is 9.59 Å². The van der Waals surface area contributed by atoms with E-state index in [2.05, 4.69) is 10.3 Å². The fraction of sp³-hybridized carbons (Fsp3) is 0.421. The first kappa shape index (κ1) is 18.5. The van der Waals surface area contributed by atoms with Crippen LogP contribution in [0.25, 0.3) is 11.3 Å². The van der Waals surface area contributed by atoms with Gasteiger partial charge in [-0.1, -0.05) is 37.6 Å². The molecule has 0 aliphatic carbocycles. The maximum absolute atomic E-state index is 12.6. The summed E-state index contributed by atoms with van der Waals surface area (Å²) in [6.07, 6.45) is 2.25. The van der Waals surface area contributed by atoms with Crippen molar-refractivity contribution in [2.24, 2.45) is 5.92 Å². The number of aromatic nitrogens is 1. The van der Waals surface area contributed by atoms with Crippen LogP contribution in [0.3, 0.4) is 0 Å². The minimum absolute atomic E-state index is 0.0592. The van der Waals surface area contributed by atoms with Crippen molar-refractivity contribution in [2.45, 2.75) is 32.7 Å². The van der Waals surface area contributed by atoms with Crippen LogP contribution in [-0.2, 0) is 16.0 Å². The van der Waals surface area contributed by atoms with Gasteiger partial charge in [0, 0.05) is 31.5 Å². The second-order valence-electron chi connectivity index (χ2n) is 6.67. The van der Waals surface area contributed by atoms with Crippen molar-refractivity contribution < 1.29 is 14.0 Å². The highest BCUT2D eigenvalue weighted by Gasteiger charge is 2.34. The van der Waals surface area contributed by atoms with Gasteiger partial charge in [-0.15, -0.1) is 0 Å². The number of benzene rings is 1. The molecule has 0 saturated carbocycles. The Labute approximate surface area is 157 Å². The second kappa shape index (κ2) is 7.91. The minimum atomic E-state index is -0.417. The third-order valence-corrected chi connectivity index (χ3v) is 4.78. The Hall–Kier alpha value is -2.34. The molecule has 1 saturated heterocycles. The van der Waals surface area contributed by atoms with Gasteiger partial charge in [0.15, 0.2) is 11.7 Å². The summed E-state index contributed by atoms with van der Waals surface area (Å²) in [7, 11) is 0. The van der Waals surface area contributed by atoms with E-state index in [1.165, 1.54) is 0 Å². The summed E-state index contributed by atoms with van der Waals surface area (Å²) in [5, 5.41) is 3.41. The third kappa shape index (κ3) is 3.90. The zero-order valence-corrected chi connectivity index (χ0v) is 15.6. The lowest BCUT2D eigenvalue weighted by Crippen LogP contribution is -2.59. The molecule has 2 heterocycles. The molecule has 26 heavy (non-hydrogen) atoms. The van der Waals surface area contributed by atoms with Crippen molar-refractivity contribution in [3.63, 3.8) is 0 Å². The molecule has 0 radical (unpaired) electrons. The number of nitrogens with zero attached hydrogens (tertiary/aromatic N) is 2. The zero-order chi connectivity index (χ0) is 18.7. The summed E-state index contributed by atoms with van der Waals surface area (Å²) in [5.74, 6) is 0.979. The topological polar surface area (TPSA) is 75.4 Å². The molecule has 1 aliphatic rings. The van der Waals surface area contributed by atoms with E-state index in [0.717, 1.165) is 5.56 Å². The van der Waals surface area contributed by atoms with Gasteiger partial charge in [0.05, 0.1) is 11.2 Å². The Morgan fingerprint density at radius 2 is 2.19 bits per heavy atom. The minimum Gasteiger partial charge on any atom is -0.441 e. The van der Waals surface area contributed by atoms with Gasteiger partial charge in [-0.25, -0.2) is 4.98 Å². The first-order chi connectivity index (χ1) is 12.5. The van der Waals surface area contributed by atoms with Gasteiger partial charge in [0.1, 0.15) is 6.04 Å². The molecule has 0 bridgehead atoms. The van der Waals surface area contributed by atoms with E-state index in [1.54, 1.807) is 17.2 Å². The Kier molecular flexibility index (Phi) is 5.61. The Balaban J connectivity index is 1.65. The number of rotatable bonds is 5. The summed E-state index contributed by atoms with van der Waals surface area (Å²) in [6, 6.07) is 6.95. The fourth-order valence-electron chi connectivity index (χ4n) is 3.20. The summed E-state index contributed by atoms with van der Waals surface area (Å²) in [5.41, 5.74) is 0.770. The van der Waals surface area contributed by atoms with Crippen molar-refractivity contribution in [1.29, 1.82) is 0 Å². The zero-order valence-electron chi connectivity index (χ0n) is 14.9. The largest absolute Gasteiger partial charge is 0.441 e. The summed E-state index contributed by atoms with van der Waals surface area (Å²) in [4.78, 5) is 30.6. The molecule has 1 aromatic carbocycles. The van der Waals surface area contributed by atoms with Gasteiger partial charge < -0.3 is 14.6 Å². The molecule has 6 nitrogen and oxygen atoms in total. The first-order valence-corrected chi connectivity index (χ1v) is 9.12. The van der Waals surface area contributed by atoms with Crippen molar-refractivity contribution in [1.82, 2.24) is 15.2 Å². The summed E-state index contributed by atoms with van der Waals surface area (Å²) < 4.78 is 5.74. The number of carbonyl (C=O) groups excluding carboxylic acids is 2. The van der Waals surface area contributed by atoms with Crippen LogP contribution in [0.2, 0.25) is 5.02 Å². The van der Waals surface area contributed by atoms with E-state index in [-0.39, 0.29) is 24.2 Å². The molecule has 138 valence electrons. The SMILES string of the molecule is CC(C)[C@@H]1C(=O)NCCN1C(=O)CCc1ncc(-c2ccccc2Cl)o1. The molecule has 1 atom stereocenters. The Morgan fingerprint density at radius 1 is 1.42 bits per heavy atom. The highest BCUT2D eigenvalue weighted by atomic mass is 35.5. The van der Waals surface area contributed by atoms with Crippen molar-refractivity contribution in [2.75, 3.05) is 13.1 Å². The molecular weight excluding hydrogens is 354 g/mol. The standard InChI is InChI=1S/C19H22ClN3O3/c1-12(2)18-19(25)21-9-10-23(18)17(24)8-7-16-22-11-15(26-16)13-5-3-4-6-14(13)20/h3-6,11-12,18H,7-10H2,1-2H3,(H,21,25)/t18-/m1/s1. The second-order valence-corrected chi connectivity index (χ2v) is 7.07. The highest BCUT2D eigenvalue weighted by Crippen LogP contribution is 2.28. The predicted molar refractivity (Wildman–Crippen MR) is 98.6 cm³/mol. The molecule has 1 fully saturated rings. The normalized spacial score (nSPS) is 17.5. The lowest BCUT2D eigenvalue weighted by atomic mass is 9.99. The smallest absolute Gasteiger partial charge is 0.243 e. The lowest BCUT2D eigenvalue weighted by Gasteiger charge is -2.37. The molecule has 1 N–H and O–H groups in total. The van der Waals surface area contributed by atoms with E-state index in [4.69, 9.17) is 16.0 Å². The number of aryl methyl sites for hydroxylation is 1. The summed E-state index contributed by atoms with van der Waals surface area (Å²) >= 11 is 6.17. The van der Waals surface area contributed by atoms with Crippen LogP contribution in [-0.4, -0.2) is 40.8 Å². The molecule has 2 aromatic rings. The molecule has 0 unspecified atom stereocenters. The molecule has 0 spiro atoms. The van der Waals surface area contributed by atoms with Crippen LogP contribution in [0.1, 0.15) is 26.2 Å². The van der Waals surface area contributed by atoms with Crippen LogP contribution in [0.15, 0.2) is 34.9 Å². The number of carbonyl (C=O) groups is 2. The number of piperazine rings is 1. The number of halogens is 1. The van der Waals surface area contributed by atoms with Gasteiger partial charge in [0.25, 0.3) is 0 Å². The van der Waals surface area contributed by atoms with Crippen LogP contribution in [0, 0.1) is 5.92 Å². The van der Waals surface area contributed by atoms with Gasteiger partial charge >= 0.3 is 0 Å². The molecule has 7 heteroatoms. The predicted octanol–water partition coefficient (Wildman–Crippen LogP) is 2.91. The van der Waals surface area contributed by atoms with E-state index >= 15 is 0 Å². The number of nitrogens with one attached hydrogen (secondary N) is 1. The Morgan fingerprint density at radius 3 is 2.92 bits per heavy atom. The molecule has 2 amide bonds. The van der Waals surface area contributed by atoms with Gasteiger partial charge in [-0.2, -0.15) is 0 Å². The van der Waals surface area contributed by atoms with Gasteiger partial charge in [-0.05, 0) is 18.1 Å². The average Bonchev–Trinajstić information content (AvgIpc) is 3.08. The van der Waals surface area contributed by atoms with Gasteiger partial charge in [0.2, 0.25) is 11.8 Å². The Bertz CT molecular complexity index is 803. The van der Waals surface area contributed by atoms with Crippen LogP contribution in [0.5, 0.6) is 0 Å². The van der Waals surface area contributed by atoms with Crippen molar-refractivity contribution in [3.05, 3.63) is 41.4 Å². The monoisotopic (exact) mass is 375 g/mol. The maximum atomic E-state index is 12.6. The number of hydrogen-bond acceptors (Lipinski definition) is 4. The van der Waals surface area contributed by atoms with Crippen LogP contribution in [0.4, 0.5) is 0 Å². The number of hydrogen-bond donors (Lipinski definition) is 1. The summed E-state index contributed by atoms with van der Waals surface area (Å²) in [6.45, 7) is 4.91. The first-order valence-electron chi connectivity index (χ1n) is 8.74. The molecule has 1 aromatic heterocycles. The van der Waals surface area contributed by atoms with Crippen molar-refractivity contribution >= 4 is 23.4 Å². The number of amides is 2.